The lowest BCUT2D eigenvalue weighted by atomic mass is 10.1. The molecule has 1 aromatic heterocycles. The molecule has 8 nitrogen and oxygen atoms in total. The number of ether oxygens (including phenoxy) is 3. The summed E-state index contributed by atoms with van der Waals surface area (Å²) >= 11 is 0. The minimum absolute atomic E-state index is 0.00235. The van der Waals surface area contributed by atoms with Crippen molar-refractivity contribution in [2.75, 3.05) is 18.5 Å². The van der Waals surface area contributed by atoms with E-state index in [1.54, 1.807) is 12.1 Å². The Hall–Kier alpha value is -2.19. The lowest BCUT2D eigenvalue weighted by Gasteiger charge is -2.12. The molecule has 1 fully saturated rings. The summed E-state index contributed by atoms with van der Waals surface area (Å²) in [5, 5.41) is 2.73. The highest BCUT2D eigenvalue weighted by molar-refractivity contribution is 5.89. The van der Waals surface area contributed by atoms with Crippen molar-refractivity contribution >= 4 is 17.7 Å². The molecule has 0 saturated carbocycles. The second kappa shape index (κ2) is 14.2. The molecule has 1 saturated heterocycles. The number of rotatable bonds is 14. The van der Waals surface area contributed by atoms with Crippen molar-refractivity contribution < 1.29 is 23.8 Å². The molecule has 186 valence electrons. The molecule has 2 atom stereocenters. The Kier molecular flexibility index (Phi) is 11.6. The number of esters is 1. The van der Waals surface area contributed by atoms with Gasteiger partial charge in [-0.3, -0.25) is 14.4 Å². The van der Waals surface area contributed by atoms with Crippen LogP contribution in [0.3, 0.4) is 0 Å². The van der Waals surface area contributed by atoms with Crippen LogP contribution in [0, 0.1) is 11.8 Å². The van der Waals surface area contributed by atoms with E-state index in [1.807, 2.05) is 0 Å². The summed E-state index contributed by atoms with van der Waals surface area (Å²) < 4.78 is 16.5. The molecule has 0 radical (unpaired) electrons. The van der Waals surface area contributed by atoms with Crippen LogP contribution in [0.2, 0.25) is 0 Å². The van der Waals surface area contributed by atoms with Crippen molar-refractivity contribution in [3.8, 4) is 0 Å². The predicted molar refractivity (Wildman–Crippen MR) is 127 cm³/mol. The predicted octanol–water partition coefficient (Wildman–Crippen LogP) is 4.70. The highest BCUT2D eigenvalue weighted by Crippen LogP contribution is 2.25. The second-order valence-corrected chi connectivity index (χ2v) is 9.55. The summed E-state index contributed by atoms with van der Waals surface area (Å²) in [6, 6.07) is 3.28. The summed E-state index contributed by atoms with van der Waals surface area (Å²) in [6.45, 7) is 8.85. The second-order valence-electron chi connectivity index (χ2n) is 9.55. The number of unbranched alkanes of at least 4 members (excludes halogenated alkanes) is 2. The fraction of sp³-hybridized carbons (Fsp3) is 0.720. The first-order chi connectivity index (χ1) is 15.7. The Balaban J connectivity index is 1.73. The Morgan fingerprint density at radius 3 is 2.36 bits per heavy atom. The van der Waals surface area contributed by atoms with Gasteiger partial charge in [-0.05, 0) is 36.8 Å². The lowest BCUT2D eigenvalue weighted by molar-refractivity contribution is -0.157. The maximum Gasteiger partial charge on any atom is 0.305 e. The van der Waals surface area contributed by atoms with Crippen LogP contribution in [0.4, 0.5) is 5.82 Å². The number of aromatic amines is 1. The largest absolute Gasteiger partial charge is 0.460 e. The molecule has 1 amide bonds. The van der Waals surface area contributed by atoms with E-state index in [-0.39, 0.29) is 30.6 Å². The Labute approximate surface area is 196 Å². The van der Waals surface area contributed by atoms with Crippen molar-refractivity contribution in [1.82, 2.24) is 4.98 Å². The van der Waals surface area contributed by atoms with E-state index in [2.05, 4.69) is 38.0 Å². The molecule has 1 aliphatic rings. The Morgan fingerprint density at radius 1 is 1.06 bits per heavy atom. The maximum absolute atomic E-state index is 12.5. The van der Waals surface area contributed by atoms with Gasteiger partial charge in [-0.1, -0.05) is 53.4 Å². The van der Waals surface area contributed by atoms with Crippen LogP contribution < -0.4 is 10.9 Å². The minimum atomic E-state index is -0.695. The topological polar surface area (TPSA) is 107 Å². The summed E-state index contributed by atoms with van der Waals surface area (Å²) in [4.78, 5) is 39.1. The van der Waals surface area contributed by atoms with Gasteiger partial charge in [0.15, 0.2) is 6.29 Å². The van der Waals surface area contributed by atoms with Crippen molar-refractivity contribution in [1.29, 1.82) is 0 Å². The van der Waals surface area contributed by atoms with E-state index >= 15 is 0 Å². The summed E-state index contributed by atoms with van der Waals surface area (Å²) in [7, 11) is 0. The zero-order valence-corrected chi connectivity index (χ0v) is 20.5. The van der Waals surface area contributed by atoms with E-state index in [0.29, 0.717) is 36.1 Å². The number of aromatic nitrogens is 1. The first-order valence-electron chi connectivity index (χ1n) is 12.2. The smallest absolute Gasteiger partial charge is 0.305 e. The van der Waals surface area contributed by atoms with Crippen LogP contribution in [0.25, 0.3) is 0 Å². The average molecular weight is 465 g/mol. The summed E-state index contributed by atoms with van der Waals surface area (Å²) in [5.41, 5.74) is 0.0662. The highest BCUT2D eigenvalue weighted by Gasteiger charge is 2.30. The van der Waals surface area contributed by atoms with Crippen LogP contribution in [-0.4, -0.2) is 36.4 Å². The van der Waals surface area contributed by atoms with E-state index in [0.717, 1.165) is 38.5 Å². The molecule has 1 aromatic rings. The van der Waals surface area contributed by atoms with E-state index < -0.39 is 12.4 Å². The van der Waals surface area contributed by atoms with Gasteiger partial charge in [0.25, 0.3) is 5.56 Å². The van der Waals surface area contributed by atoms with Crippen LogP contribution in [0.5, 0.6) is 0 Å². The third-order valence-electron chi connectivity index (χ3n) is 5.54. The molecule has 2 N–H and O–H groups in total. The number of pyridine rings is 1. The van der Waals surface area contributed by atoms with Gasteiger partial charge in [-0.2, -0.15) is 0 Å². The number of nitrogens with one attached hydrogen (secondary N) is 2. The molecule has 2 heterocycles. The van der Waals surface area contributed by atoms with Gasteiger partial charge in [0, 0.05) is 18.4 Å². The maximum atomic E-state index is 12.5. The zero-order valence-electron chi connectivity index (χ0n) is 20.5. The molecule has 33 heavy (non-hydrogen) atoms. The standard InChI is InChI=1S/C25H40N2O6/c1-17(2)9-5-7-11-22(28)26-21-14-13-19(25(30)27-21)20-15-32-24(33-20)16-31-23(29)12-8-6-10-18(3)4/h13-14,17-18,20,24H,5-12,15-16H2,1-4H3,(H2,26,27,28,30)/t20-,24-/m0/s1. The third-order valence-corrected chi connectivity index (χ3v) is 5.54. The molecule has 1 aliphatic heterocycles. The molecule has 0 aromatic carbocycles. The van der Waals surface area contributed by atoms with Gasteiger partial charge in [-0.25, -0.2) is 0 Å². The molecular formula is C25H40N2O6. The quantitative estimate of drug-likeness (QED) is 0.305. The van der Waals surface area contributed by atoms with Gasteiger partial charge in [-0.15, -0.1) is 0 Å². The molecular weight excluding hydrogens is 424 g/mol. The van der Waals surface area contributed by atoms with Crippen LogP contribution >= 0.6 is 0 Å². The van der Waals surface area contributed by atoms with E-state index in [1.165, 1.54) is 0 Å². The van der Waals surface area contributed by atoms with Crippen LogP contribution in [0.15, 0.2) is 16.9 Å². The normalized spacial score (nSPS) is 18.1. The fourth-order valence-electron chi connectivity index (χ4n) is 3.62. The monoisotopic (exact) mass is 464 g/mol. The highest BCUT2D eigenvalue weighted by atomic mass is 16.7. The molecule has 0 bridgehead atoms. The minimum Gasteiger partial charge on any atom is -0.460 e. The summed E-state index contributed by atoms with van der Waals surface area (Å²) in [5.74, 6) is 1.24. The van der Waals surface area contributed by atoms with Gasteiger partial charge in [0.2, 0.25) is 5.91 Å². The van der Waals surface area contributed by atoms with Gasteiger partial charge < -0.3 is 24.5 Å². The number of anilines is 1. The number of carbonyl (C=O) groups excluding carboxylic acids is 2. The number of hydrogen-bond acceptors (Lipinski definition) is 6. The Morgan fingerprint density at radius 2 is 1.73 bits per heavy atom. The fourth-order valence-corrected chi connectivity index (χ4v) is 3.62. The third kappa shape index (κ3) is 10.5. The SMILES string of the molecule is CC(C)CCCCC(=O)Nc1ccc([C@@H]2CO[C@H](COC(=O)CCCCC(C)C)O2)c(=O)[nH]1. The van der Waals surface area contributed by atoms with Crippen molar-refractivity contribution in [3.05, 3.63) is 28.0 Å². The number of hydrogen-bond donors (Lipinski definition) is 2. The Bertz CT molecular complexity index is 804. The zero-order chi connectivity index (χ0) is 24.2. The number of H-pyrrole nitrogens is 1. The van der Waals surface area contributed by atoms with Gasteiger partial charge in [0.1, 0.15) is 18.5 Å². The summed E-state index contributed by atoms with van der Waals surface area (Å²) in [6.07, 6.45) is 5.40. The van der Waals surface area contributed by atoms with E-state index in [4.69, 9.17) is 14.2 Å². The molecule has 0 aliphatic carbocycles. The molecule has 8 heteroatoms. The van der Waals surface area contributed by atoms with Gasteiger partial charge >= 0.3 is 5.97 Å². The van der Waals surface area contributed by atoms with Gasteiger partial charge in [0.05, 0.1) is 6.61 Å². The average Bonchev–Trinajstić information content (AvgIpc) is 3.21. The van der Waals surface area contributed by atoms with Crippen molar-refractivity contribution in [2.24, 2.45) is 11.8 Å². The first kappa shape index (κ1) is 27.1. The van der Waals surface area contributed by atoms with Crippen molar-refractivity contribution in [3.63, 3.8) is 0 Å². The molecule has 0 spiro atoms. The van der Waals surface area contributed by atoms with E-state index in [9.17, 15) is 14.4 Å². The van der Waals surface area contributed by atoms with Crippen LogP contribution in [0.1, 0.15) is 90.7 Å². The first-order valence-corrected chi connectivity index (χ1v) is 12.2. The molecule has 2 rings (SSSR count). The van der Waals surface area contributed by atoms with Crippen LogP contribution in [-0.2, 0) is 23.8 Å². The molecule has 0 unspecified atom stereocenters. The number of carbonyl (C=O) groups is 2. The van der Waals surface area contributed by atoms with Crippen molar-refractivity contribution in [2.45, 2.75) is 91.5 Å². The number of amides is 1. The lowest BCUT2D eigenvalue weighted by Crippen LogP contribution is -2.22.